The number of ether oxygens (including phenoxy) is 2. The molecular formula is C14H11F2NO3S. The van der Waals surface area contributed by atoms with Gasteiger partial charge >= 0.3 is 6.61 Å². The minimum atomic E-state index is -2.94. The summed E-state index contributed by atoms with van der Waals surface area (Å²) in [5.74, 6) is -0.165. The van der Waals surface area contributed by atoms with Crippen molar-refractivity contribution in [2.75, 3.05) is 0 Å². The molecule has 1 aliphatic rings. The summed E-state index contributed by atoms with van der Waals surface area (Å²) in [5, 5.41) is 2.04. The van der Waals surface area contributed by atoms with Gasteiger partial charge in [-0.2, -0.15) is 8.78 Å². The van der Waals surface area contributed by atoms with Crippen molar-refractivity contribution in [3.05, 3.63) is 40.3 Å². The van der Waals surface area contributed by atoms with Crippen LogP contribution in [0.1, 0.15) is 28.2 Å². The average Bonchev–Trinajstić information content (AvgIpc) is 3.10. The zero-order chi connectivity index (χ0) is 14.8. The van der Waals surface area contributed by atoms with Crippen LogP contribution in [-0.4, -0.2) is 23.5 Å². The van der Waals surface area contributed by atoms with Crippen LogP contribution in [0.3, 0.4) is 0 Å². The molecule has 0 amide bonds. The van der Waals surface area contributed by atoms with Gasteiger partial charge in [-0.25, -0.2) is 4.98 Å². The van der Waals surface area contributed by atoms with Crippen molar-refractivity contribution >= 4 is 17.1 Å². The molecule has 1 saturated carbocycles. The van der Waals surface area contributed by atoms with E-state index in [1.54, 1.807) is 5.38 Å². The van der Waals surface area contributed by atoms with Gasteiger partial charge in [-0.15, -0.1) is 11.3 Å². The molecule has 1 aliphatic carbocycles. The van der Waals surface area contributed by atoms with Gasteiger partial charge in [-0.3, -0.25) is 4.79 Å². The number of hydrogen-bond acceptors (Lipinski definition) is 5. The van der Waals surface area contributed by atoms with Gasteiger partial charge in [0.2, 0.25) is 5.78 Å². The van der Waals surface area contributed by atoms with E-state index in [1.807, 2.05) is 0 Å². The Morgan fingerprint density at radius 2 is 2.14 bits per heavy atom. The van der Waals surface area contributed by atoms with Crippen LogP contribution in [-0.2, 0) is 0 Å². The summed E-state index contributed by atoms with van der Waals surface area (Å²) >= 11 is 1.22. The third-order valence-corrected chi connectivity index (χ3v) is 3.64. The second-order valence-corrected chi connectivity index (χ2v) is 5.42. The lowest BCUT2D eigenvalue weighted by atomic mass is 10.1. The monoisotopic (exact) mass is 311 g/mol. The summed E-state index contributed by atoms with van der Waals surface area (Å²) in [6, 6.07) is 4.19. The number of ketones is 1. The van der Waals surface area contributed by atoms with Crippen molar-refractivity contribution in [1.82, 2.24) is 4.98 Å². The normalized spacial score (nSPS) is 14.2. The molecule has 1 aromatic heterocycles. The zero-order valence-corrected chi connectivity index (χ0v) is 11.6. The second kappa shape index (κ2) is 5.77. The fraction of sp³-hybridized carbons (Fsp3) is 0.286. The number of thiazole rings is 1. The molecule has 0 aliphatic heterocycles. The Hall–Kier alpha value is -2.02. The maximum atomic E-state index is 12.4. The molecule has 1 heterocycles. The number of halogens is 2. The topological polar surface area (TPSA) is 48.4 Å². The van der Waals surface area contributed by atoms with E-state index in [-0.39, 0.29) is 23.4 Å². The fourth-order valence-electron chi connectivity index (χ4n) is 1.76. The lowest BCUT2D eigenvalue weighted by molar-refractivity contribution is -0.0516. The number of rotatable bonds is 6. The summed E-state index contributed by atoms with van der Waals surface area (Å²) in [5.41, 5.74) is 0.335. The van der Waals surface area contributed by atoms with Crippen molar-refractivity contribution in [1.29, 1.82) is 0 Å². The Bertz CT molecular complexity index is 642. The van der Waals surface area contributed by atoms with Crippen molar-refractivity contribution < 1.29 is 23.0 Å². The molecule has 0 saturated heterocycles. The maximum absolute atomic E-state index is 12.4. The van der Waals surface area contributed by atoms with E-state index in [9.17, 15) is 13.6 Å². The zero-order valence-electron chi connectivity index (χ0n) is 10.8. The highest BCUT2D eigenvalue weighted by Crippen LogP contribution is 2.35. The van der Waals surface area contributed by atoms with Crippen LogP contribution in [0.4, 0.5) is 8.78 Å². The number of alkyl halides is 2. The van der Waals surface area contributed by atoms with E-state index in [4.69, 9.17) is 4.74 Å². The highest BCUT2D eigenvalue weighted by Gasteiger charge is 2.26. The Balaban J connectivity index is 1.89. The smallest absolute Gasteiger partial charge is 0.387 e. The van der Waals surface area contributed by atoms with E-state index in [0.717, 1.165) is 12.8 Å². The SMILES string of the molecule is O=C(c1ccc(OC(F)F)c(OC2CC2)c1)c1nccs1. The first-order valence-electron chi connectivity index (χ1n) is 6.33. The molecule has 2 aromatic rings. The van der Waals surface area contributed by atoms with Gasteiger partial charge < -0.3 is 9.47 Å². The highest BCUT2D eigenvalue weighted by molar-refractivity contribution is 7.11. The lowest BCUT2D eigenvalue weighted by Gasteiger charge is -2.12. The van der Waals surface area contributed by atoms with Crippen molar-refractivity contribution in [2.45, 2.75) is 25.6 Å². The molecule has 21 heavy (non-hydrogen) atoms. The van der Waals surface area contributed by atoms with Gasteiger partial charge in [0.05, 0.1) is 6.10 Å². The van der Waals surface area contributed by atoms with E-state index >= 15 is 0 Å². The van der Waals surface area contributed by atoms with Gasteiger partial charge in [0.1, 0.15) is 0 Å². The van der Waals surface area contributed by atoms with E-state index in [2.05, 4.69) is 9.72 Å². The van der Waals surface area contributed by atoms with Crippen molar-refractivity contribution in [3.63, 3.8) is 0 Å². The highest BCUT2D eigenvalue weighted by atomic mass is 32.1. The molecule has 0 spiro atoms. The predicted molar refractivity (Wildman–Crippen MR) is 72.3 cm³/mol. The molecule has 4 nitrogen and oxygen atoms in total. The van der Waals surface area contributed by atoms with E-state index in [0.29, 0.717) is 10.6 Å². The van der Waals surface area contributed by atoms with Gasteiger partial charge in [-0.05, 0) is 31.0 Å². The van der Waals surface area contributed by atoms with Crippen LogP contribution >= 0.6 is 11.3 Å². The molecule has 0 atom stereocenters. The molecule has 0 N–H and O–H groups in total. The Morgan fingerprint density at radius 3 is 2.76 bits per heavy atom. The van der Waals surface area contributed by atoms with Gasteiger partial charge in [0, 0.05) is 17.1 Å². The predicted octanol–water partition coefficient (Wildman–Crippen LogP) is 3.52. The maximum Gasteiger partial charge on any atom is 0.387 e. The first-order chi connectivity index (χ1) is 10.1. The van der Waals surface area contributed by atoms with Crippen LogP contribution in [0, 0.1) is 0 Å². The number of nitrogens with zero attached hydrogens (tertiary/aromatic N) is 1. The Morgan fingerprint density at radius 1 is 1.33 bits per heavy atom. The van der Waals surface area contributed by atoms with Crippen LogP contribution in [0.15, 0.2) is 29.8 Å². The Kier molecular flexibility index (Phi) is 3.83. The standard InChI is InChI=1S/C14H11F2NO3S/c15-14(16)20-10-4-1-8(7-11(10)19-9-2-3-9)12(18)13-17-5-6-21-13/h1,4-7,9,14H,2-3H2. The van der Waals surface area contributed by atoms with Crippen molar-refractivity contribution in [2.24, 2.45) is 0 Å². The number of carbonyl (C=O) groups excluding carboxylic acids is 1. The lowest BCUT2D eigenvalue weighted by Crippen LogP contribution is -2.07. The first-order valence-corrected chi connectivity index (χ1v) is 7.21. The molecule has 3 rings (SSSR count). The molecule has 0 radical (unpaired) electrons. The van der Waals surface area contributed by atoms with Crippen LogP contribution in [0.5, 0.6) is 11.5 Å². The number of hydrogen-bond donors (Lipinski definition) is 0. The van der Waals surface area contributed by atoms with Crippen molar-refractivity contribution in [3.8, 4) is 11.5 Å². The Labute approximate surface area is 123 Å². The number of carbonyl (C=O) groups is 1. The summed E-state index contributed by atoms with van der Waals surface area (Å²) in [6.45, 7) is -2.94. The van der Waals surface area contributed by atoms with E-state index in [1.165, 1.54) is 35.7 Å². The summed E-state index contributed by atoms with van der Waals surface area (Å²) in [6.07, 6.45) is 3.29. The quantitative estimate of drug-likeness (QED) is 0.766. The van der Waals surface area contributed by atoms with Gasteiger partial charge in [-0.1, -0.05) is 0 Å². The molecule has 7 heteroatoms. The molecule has 0 bridgehead atoms. The number of benzene rings is 1. The van der Waals surface area contributed by atoms with Crippen LogP contribution in [0.2, 0.25) is 0 Å². The molecule has 1 aromatic carbocycles. The van der Waals surface area contributed by atoms with Gasteiger partial charge in [0.25, 0.3) is 0 Å². The molecule has 0 unspecified atom stereocenters. The third kappa shape index (κ3) is 3.36. The van der Waals surface area contributed by atoms with Crippen LogP contribution < -0.4 is 9.47 Å². The molecule has 1 fully saturated rings. The first kappa shape index (κ1) is 13.9. The van der Waals surface area contributed by atoms with Gasteiger partial charge in [0.15, 0.2) is 16.5 Å². The summed E-state index contributed by atoms with van der Waals surface area (Å²) < 4.78 is 34.7. The van der Waals surface area contributed by atoms with E-state index < -0.39 is 6.61 Å². The third-order valence-electron chi connectivity index (χ3n) is 2.87. The van der Waals surface area contributed by atoms with Crippen LogP contribution in [0.25, 0.3) is 0 Å². The second-order valence-electron chi connectivity index (χ2n) is 4.52. The minimum Gasteiger partial charge on any atom is -0.487 e. The largest absolute Gasteiger partial charge is 0.487 e. The summed E-state index contributed by atoms with van der Waals surface area (Å²) in [4.78, 5) is 16.1. The molecular weight excluding hydrogens is 300 g/mol. The molecule has 110 valence electrons. The average molecular weight is 311 g/mol. The minimum absolute atomic E-state index is 0.00948. The fourth-order valence-corrected chi connectivity index (χ4v) is 2.36. The summed E-state index contributed by atoms with van der Waals surface area (Å²) in [7, 11) is 0. The number of aromatic nitrogens is 1.